The van der Waals surface area contributed by atoms with Gasteiger partial charge in [-0.25, -0.2) is 4.98 Å². The molecule has 3 aromatic rings. The Morgan fingerprint density at radius 1 is 1.37 bits per heavy atom. The molecular formula is C20H19F3N4O2S. The van der Waals surface area contributed by atoms with Gasteiger partial charge in [-0.2, -0.15) is 0 Å². The van der Waals surface area contributed by atoms with Gasteiger partial charge in [-0.05, 0) is 30.3 Å². The summed E-state index contributed by atoms with van der Waals surface area (Å²) in [5.41, 5.74) is 8.46. The number of nitrogens with two attached hydrogens (primary N) is 1. The van der Waals surface area contributed by atoms with E-state index in [2.05, 4.69) is 26.9 Å². The van der Waals surface area contributed by atoms with E-state index in [-0.39, 0.29) is 16.3 Å². The third-order valence-corrected chi connectivity index (χ3v) is 6.08. The van der Waals surface area contributed by atoms with E-state index in [1.807, 2.05) is 6.07 Å². The zero-order valence-electron chi connectivity index (χ0n) is 16.0. The Labute approximate surface area is 174 Å². The smallest absolute Gasteiger partial charge is 0.404 e. The highest BCUT2D eigenvalue weighted by Crippen LogP contribution is 2.36. The highest BCUT2D eigenvalue weighted by atomic mass is 32.1. The van der Waals surface area contributed by atoms with Gasteiger partial charge in [0.2, 0.25) is 0 Å². The zero-order valence-corrected chi connectivity index (χ0v) is 16.9. The second-order valence-corrected chi connectivity index (χ2v) is 7.91. The summed E-state index contributed by atoms with van der Waals surface area (Å²) in [5.74, 6) is -1.10. The minimum atomic E-state index is -4.87. The number of ether oxygens (including phenoxy) is 1. The van der Waals surface area contributed by atoms with Crippen molar-refractivity contribution in [3.05, 3.63) is 46.5 Å². The summed E-state index contributed by atoms with van der Waals surface area (Å²) in [4.78, 5) is 20.6. The molecule has 3 N–H and O–H groups in total. The number of hydrogen-bond donors (Lipinski definition) is 2. The number of amides is 1. The van der Waals surface area contributed by atoms with E-state index in [1.165, 1.54) is 18.2 Å². The molecule has 0 atom stereocenters. The van der Waals surface area contributed by atoms with Gasteiger partial charge >= 0.3 is 6.36 Å². The highest BCUT2D eigenvalue weighted by molar-refractivity contribution is 7.21. The molecule has 10 heteroatoms. The van der Waals surface area contributed by atoms with Crippen LogP contribution >= 0.6 is 11.3 Å². The molecule has 0 radical (unpaired) electrons. The van der Waals surface area contributed by atoms with E-state index >= 15 is 0 Å². The van der Waals surface area contributed by atoms with Crippen molar-refractivity contribution < 1.29 is 22.7 Å². The molecule has 0 aliphatic carbocycles. The Morgan fingerprint density at radius 2 is 2.13 bits per heavy atom. The third kappa shape index (κ3) is 4.05. The number of nitrogens with zero attached hydrogens (tertiary/aromatic N) is 2. The number of thiophene rings is 1. The van der Waals surface area contributed by atoms with Gasteiger partial charge in [0.15, 0.2) is 5.75 Å². The Hall–Kier alpha value is -2.85. The molecule has 1 amide bonds. The SMILES string of the molecule is CCN1CCc2nc3sc(C(=O)Nc4ccccc4OC(F)(F)F)c(N)c3cc2C1. The summed E-state index contributed by atoms with van der Waals surface area (Å²) in [6.07, 6.45) is -4.05. The van der Waals surface area contributed by atoms with Gasteiger partial charge in [-0.15, -0.1) is 24.5 Å². The number of aromatic nitrogens is 1. The lowest BCUT2D eigenvalue weighted by Gasteiger charge is -2.26. The lowest BCUT2D eigenvalue weighted by atomic mass is 10.0. The maximum absolute atomic E-state index is 12.8. The molecular weight excluding hydrogens is 417 g/mol. The number of nitrogen functional groups attached to an aromatic ring is 1. The van der Waals surface area contributed by atoms with Crippen molar-refractivity contribution in [2.24, 2.45) is 0 Å². The molecule has 4 rings (SSSR count). The summed E-state index contributed by atoms with van der Waals surface area (Å²) in [7, 11) is 0. The highest BCUT2D eigenvalue weighted by Gasteiger charge is 2.32. The zero-order chi connectivity index (χ0) is 21.5. The fraction of sp³-hybridized carbons (Fsp3) is 0.300. The lowest BCUT2D eigenvalue weighted by molar-refractivity contribution is -0.274. The van der Waals surface area contributed by atoms with Crippen LogP contribution in [0.15, 0.2) is 30.3 Å². The van der Waals surface area contributed by atoms with E-state index in [1.54, 1.807) is 0 Å². The number of carbonyl (C=O) groups excluding carboxylic acids is 1. The van der Waals surface area contributed by atoms with E-state index < -0.39 is 18.0 Å². The minimum Gasteiger partial charge on any atom is -0.404 e. The maximum atomic E-state index is 12.8. The number of alkyl halides is 3. The quantitative estimate of drug-likeness (QED) is 0.633. The predicted molar refractivity (Wildman–Crippen MR) is 110 cm³/mol. The number of pyridine rings is 1. The number of carbonyl (C=O) groups is 1. The first-order valence-electron chi connectivity index (χ1n) is 9.34. The van der Waals surface area contributed by atoms with Crippen LogP contribution in [0.2, 0.25) is 0 Å². The van der Waals surface area contributed by atoms with Gasteiger partial charge in [-0.1, -0.05) is 19.1 Å². The van der Waals surface area contributed by atoms with Crippen molar-refractivity contribution in [1.29, 1.82) is 0 Å². The van der Waals surface area contributed by atoms with Crippen molar-refractivity contribution in [2.45, 2.75) is 26.3 Å². The van der Waals surface area contributed by atoms with Crippen LogP contribution in [-0.4, -0.2) is 35.2 Å². The summed E-state index contributed by atoms with van der Waals surface area (Å²) in [6, 6.07) is 7.31. The predicted octanol–water partition coefficient (Wildman–Crippen LogP) is 4.41. The molecule has 1 aliphatic rings. The normalized spacial score (nSPS) is 14.5. The molecule has 0 unspecified atom stereocenters. The number of rotatable bonds is 4. The fourth-order valence-electron chi connectivity index (χ4n) is 3.46. The fourth-order valence-corrected chi connectivity index (χ4v) is 4.45. The first-order chi connectivity index (χ1) is 14.2. The van der Waals surface area contributed by atoms with Gasteiger partial charge in [0.25, 0.3) is 5.91 Å². The standard InChI is InChI=1S/C20H19F3N4O2S/c1-2-27-8-7-13-11(10-27)9-12-16(24)17(30-19(12)26-13)18(28)25-14-5-3-4-6-15(14)29-20(21,22)23/h3-6,9H,2,7-8,10,24H2,1H3,(H,25,28). The summed E-state index contributed by atoms with van der Waals surface area (Å²) < 4.78 is 41.9. The number of benzene rings is 1. The van der Waals surface area contributed by atoms with Gasteiger partial charge in [-0.3, -0.25) is 9.69 Å². The number of halogens is 3. The second-order valence-electron chi connectivity index (χ2n) is 6.91. The van der Waals surface area contributed by atoms with Crippen LogP contribution in [0.25, 0.3) is 10.2 Å². The molecule has 0 fully saturated rings. The number of fused-ring (bicyclic) bond motifs is 2. The summed E-state index contributed by atoms with van der Waals surface area (Å²) in [6.45, 7) is 4.72. The van der Waals surface area contributed by atoms with Crippen molar-refractivity contribution in [3.63, 3.8) is 0 Å². The van der Waals surface area contributed by atoms with Crippen LogP contribution in [0, 0.1) is 0 Å². The largest absolute Gasteiger partial charge is 0.573 e. The molecule has 6 nitrogen and oxygen atoms in total. The van der Waals surface area contributed by atoms with Crippen molar-refractivity contribution >= 4 is 38.8 Å². The molecule has 0 saturated heterocycles. The first-order valence-corrected chi connectivity index (χ1v) is 10.2. The Balaban J connectivity index is 1.64. The molecule has 0 spiro atoms. The van der Waals surface area contributed by atoms with Crippen LogP contribution in [0.3, 0.4) is 0 Å². The Bertz CT molecular complexity index is 1110. The summed E-state index contributed by atoms with van der Waals surface area (Å²) >= 11 is 1.12. The first kappa shape index (κ1) is 20.4. The molecule has 158 valence electrons. The van der Waals surface area contributed by atoms with Crippen LogP contribution in [0.4, 0.5) is 24.5 Å². The topological polar surface area (TPSA) is 80.5 Å². The van der Waals surface area contributed by atoms with Crippen LogP contribution in [-0.2, 0) is 13.0 Å². The van der Waals surface area contributed by atoms with Crippen molar-refractivity contribution in [1.82, 2.24) is 9.88 Å². The molecule has 30 heavy (non-hydrogen) atoms. The van der Waals surface area contributed by atoms with Crippen LogP contribution in [0.1, 0.15) is 27.9 Å². The minimum absolute atomic E-state index is 0.0949. The van der Waals surface area contributed by atoms with Gasteiger partial charge < -0.3 is 15.8 Å². The average molecular weight is 436 g/mol. The number of likely N-dealkylation sites (N-methyl/N-ethyl adjacent to an activating group) is 1. The van der Waals surface area contributed by atoms with Crippen molar-refractivity contribution in [3.8, 4) is 5.75 Å². The summed E-state index contributed by atoms with van der Waals surface area (Å²) in [5, 5.41) is 3.15. The molecule has 0 saturated carbocycles. The molecule has 3 heterocycles. The van der Waals surface area contributed by atoms with E-state index in [0.717, 1.165) is 54.7 Å². The number of para-hydroxylation sites is 2. The Kier molecular flexibility index (Phi) is 5.29. The molecule has 2 aromatic heterocycles. The van der Waals surface area contributed by atoms with Crippen LogP contribution in [0.5, 0.6) is 5.75 Å². The molecule has 1 aliphatic heterocycles. The van der Waals surface area contributed by atoms with E-state index in [9.17, 15) is 18.0 Å². The maximum Gasteiger partial charge on any atom is 0.573 e. The van der Waals surface area contributed by atoms with E-state index in [0.29, 0.717) is 10.2 Å². The van der Waals surface area contributed by atoms with Gasteiger partial charge in [0.1, 0.15) is 9.71 Å². The van der Waals surface area contributed by atoms with Crippen LogP contribution < -0.4 is 15.8 Å². The monoisotopic (exact) mass is 436 g/mol. The average Bonchev–Trinajstić information content (AvgIpc) is 3.02. The van der Waals surface area contributed by atoms with E-state index in [4.69, 9.17) is 5.73 Å². The molecule has 1 aromatic carbocycles. The number of hydrogen-bond acceptors (Lipinski definition) is 6. The molecule has 0 bridgehead atoms. The number of anilines is 2. The van der Waals surface area contributed by atoms with Gasteiger partial charge in [0, 0.05) is 30.6 Å². The second kappa shape index (κ2) is 7.77. The van der Waals surface area contributed by atoms with Crippen molar-refractivity contribution in [2.75, 3.05) is 24.1 Å². The number of nitrogens with one attached hydrogen (secondary N) is 1. The van der Waals surface area contributed by atoms with Gasteiger partial charge in [0.05, 0.1) is 11.4 Å². The lowest BCUT2D eigenvalue weighted by Crippen LogP contribution is -2.30. The third-order valence-electron chi connectivity index (χ3n) is 4.96. The Morgan fingerprint density at radius 3 is 2.87 bits per heavy atom.